The van der Waals surface area contributed by atoms with Crippen LogP contribution in [0.1, 0.15) is 41.5 Å². The maximum Gasteiger partial charge on any atom is 0.346 e. The number of carbonyl (C=O) groups is 1. The Morgan fingerprint density at radius 1 is 1.11 bits per heavy atom. The third-order valence-corrected chi connectivity index (χ3v) is 10.5. The van der Waals surface area contributed by atoms with E-state index in [9.17, 15) is 4.79 Å². The Hall–Kier alpha value is -0.650. The van der Waals surface area contributed by atoms with E-state index in [4.69, 9.17) is 10.1 Å². The molecule has 0 radical (unpaired) electrons. The lowest BCUT2D eigenvalue weighted by atomic mass is 10.3. The van der Waals surface area contributed by atoms with Gasteiger partial charge < -0.3 is 4.74 Å². The van der Waals surface area contributed by atoms with Gasteiger partial charge >= 0.3 is 5.97 Å². The first-order valence-corrected chi connectivity index (χ1v) is 8.66. The van der Waals surface area contributed by atoms with Crippen molar-refractivity contribution in [3.8, 4) is 0 Å². The van der Waals surface area contributed by atoms with Crippen LogP contribution in [0.15, 0.2) is 5.57 Å². The predicted molar refractivity (Wildman–Crippen MR) is 80.5 cm³/mol. The summed E-state index contributed by atoms with van der Waals surface area (Å²) in [7, 11) is -0.0111. The van der Waals surface area contributed by atoms with Crippen molar-refractivity contribution < 1.29 is 9.53 Å². The van der Waals surface area contributed by atoms with E-state index in [1.165, 1.54) is 7.11 Å². The van der Waals surface area contributed by atoms with E-state index in [0.717, 1.165) is 0 Å². The molecule has 0 aromatic carbocycles. The summed E-state index contributed by atoms with van der Waals surface area (Å²) >= 11 is 0. The molecule has 0 aliphatic heterocycles. The normalized spacial score (nSPS) is 11.9. The van der Waals surface area contributed by atoms with E-state index in [-0.39, 0.29) is 0 Å². The molecule has 0 aliphatic carbocycles. The number of methoxy groups -OCH3 is 1. The topological polar surface area (TPSA) is 50.2 Å². The quantitative estimate of drug-likeness (QED) is 0.348. The average molecular weight is 272 g/mol. The Kier molecular flexibility index (Phi) is 6.81. The van der Waals surface area contributed by atoms with Gasteiger partial charge in [-0.2, -0.15) is 0 Å². The highest BCUT2D eigenvalue weighted by atomic mass is 31.2. The first kappa shape index (κ1) is 17.4. The van der Waals surface area contributed by atoms with Crippen LogP contribution < -0.4 is 0 Å². The zero-order valence-corrected chi connectivity index (χ0v) is 13.6. The Morgan fingerprint density at radius 3 is 1.72 bits per heavy atom. The van der Waals surface area contributed by atoms with Gasteiger partial charge in [-0.25, -0.2) is 4.79 Å². The van der Waals surface area contributed by atoms with Crippen molar-refractivity contribution >= 4 is 19.1 Å². The van der Waals surface area contributed by atoms with Gasteiger partial charge in [0, 0.05) is 7.26 Å². The minimum atomic E-state index is -1.37. The van der Waals surface area contributed by atoms with Gasteiger partial charge in [0.15, 0.2) is 0 Å². The summed E-state index contributed by atoms with van der Waals surface area (Å²) in [5, 5.41) is 7.33. The highest BCUT2D eigenvalue weighted by Crippen LogP contribution is 2.70. The maximum absolute atomic E-state index is 11.7. The molecule has 4 heteroatoms. The number of hydrogen-bond donors (Lipinski definition) is 1. The van der Waals surface area contributed by atoms with Crippen LogP contribution in [0.4, 0.5) is 0 Å². The van der Waals surface area contributed by atoms with Crippen molar-refractivity contribution in [2.45, 2.75) is 58.5 Å². The van der Waals surface area contributed by atoms with Crippen molar-refractivity contribution in [2.75, 3.05) is 13.3 Å². The van der Waals surface area contributed by atoms with Crippen molar-refractivity contribution in [1.29, 1.82) is 5.41 Å². The first-order valence-electron chi connectivity index (χ1n) is 6.47. The van der Waals surface area contributed by atoms with Crippen LogP contribution in [-0.4, -0.2) is 42.1 Å². The predicted octanol–water partition coefficient (Wildman–Crippen LogP) is 3.58. The van der Waals surface area contributed by atoms with Crippen LogP contribution in [0, 0.1) is 5.41 Å². The van der Waals surface area contributed by atoms with Gasteiger partial charge in [-0.1, -0.05) is 0 Å². The summed E-state index contributed by atoms with van der Waals surface area (Å²) in [6.45, 7) is 13.4. The van der Waals surface area contributed by atoms with Crippen LogP contribution in [0.3, 0.4) is 0 Å². The van der Waals surface area contributed by atoms with Gasteiger partial charge in [-0.3, -0.25) is 5.41 Å². The van der Waals surface area contributed by atoms with Gasteiger partial charge in [-0.05, 0) is 47.4 Å². The number of nitrogens with one attached hydrogen (secondary N) is 1. The molecule has 0 heterocycles. The fourth-order valence-corrected chi connectivity index (χ4v) is 8.32. The minimum Gasteiger partial charge on any atom is -0.465 e. The number of ether oxygens (including phenoxy) is 1. The van der Waals surface area contributed by atoms with Gasteiger partial charge in [0.1, 0.15) is 11.7 Å². The molecule has 18 heavy (non-hydrogen) atoms. The third-order valence-electron chi connectivity index (χ3n) is 3.90. The zero-order chi connectivity index (χ0) is 14.5. The molecule has 104 valence electrons. The second kappa shape index (κ2) is 7.07. The van der Waals surface area contributed by atoms with Crippen LogP contribution >= 0.6 is 7.26 Å². The van der Waals surface area contributed by atoms with Crippen LogP contribution in [0.25, 0.3) is 0 Å². The van der Waals surface area contributed by atoms with E-state index in [0.29, 0.717) is 28.7 Å². The number of rotatable bonds is 6. The molecular formula is C14H27NO2P+. The molecule has 0 spiro atoms. The molecule has 0 aromatic heterocycles. The summed E-state index contributed by atoms with van der Waals surface area (Å²) < 4.78 is 4.75. The molecule has 0 aromatic rings. The van der Waals surface area contributed by atoms with Gasteiger partial charge in [0.2, 0.25) is 0 Å². The van der Waals surface area contributed by atoms with Crippen molar-refractivity contribution in [2.24, 2.45) is 0 Å². The van der Waals surface area contributed by atoms with E-state index in [1.54, 1.807) is 0 Å². The monoisotopic (exact) mass is 272 g/mol. The lowest BCUT2D eigenvalue weighted by molar-refractivity contribution is -0.135. The van der Waals surface area contributed by atoms with Gasteiger partial charge in [0.05, 0.1) is 24.1 Å². The highest BCUT2D eigenvalue weighted by molar-refractivity contribution is 7.78. The fraction of sp³-hybridized carbons (Fsp3) is 0.786. The van der Waals surface area contributed by atoms with E-state index in [2.05, 4.69) is 47.4 Å². The lowest BCUT2D eigenvalue weighted by Gasteiger charge is -2.38. The third kappa shape index (κ3) is 3.43. The number of hydrogen-bond acceptors (Lipinski definition) is 3. The molecule has 0 bridgehead atoms. The molecule has 1 N–H and O–H groups in total. The Bertz CT molecular complexity index is 320. The minimum absolute atomic E-state index is 0.391. The zero-order valence-electron chi connectivity index (χ0n) is 12.7. The summed E-state index contributed by atoms with van der Waals surface area (Å²) in [5.41, 5.74) is 1.99. The Balaban J connectivity index is 5.49. The molecule has 0 saturated heterocycles. The average Bonchev–Trinajstić information content (AvgIpc) is 2.28. The summed E-state index contributed by atoms with van der Waals surface area (Å²) in [4.78, 5) is 11.7. The molecule has 0 amide bonds. The van der Waals surface area contributed by atoms with E-state index < -0.39 is 13.2 Å². The second-order valence-corrected chi connectivity index (χ2v) is 10.9. The van der Waals surface area contributed by atoms with Crippen molar-refractivity contribution in [1.82, 2.24) is 0 Å². The van der Waals surface area contributed by atoms with Crippen molar-refractivity contribution in [3.05, 3.63) is 5.57 Å². The van der Waals surface area contributed by atoms with E-state index >= 15 is 0 Å². The Labute approximate surface area is 112 Å². The van der Waals surface area contributed by atoms with Crippen LogP contribution in [0.2, 0.25) is 0 Å². The molecule has 0 aliphatic rings. The molecular weight excluding hydrogens is 245 g/mol. The highest BCUT2D eigenvalue weighted by Gasteiger charge is 2.48. The smallest absolute Gasteiger partial charge is 0.346 e. The number of carbonyl (C=O) groups excluding carboxylic acids is 1. The molecule has 0 atom stereocenters. The molecule has 0 fully saturated rings. The number of esters is 1. The molecule has 0 saturated carbocycles. The largest absolute Gasteiger partial charge is 0.465 e. The molecule has 0 unspecified atom stereocenters. The summed E-state index contributed by atoms with van der Waals surface area (Å²) in [6.07, 6.45) is 0.663. The van der Waals surface area contributed by atoms with Crippen LogP contribution in [0.5, 0.6) is 0 Å². The first-order chi connectivity index (χ1) is 8.23. The SMILES string of the molecule is COC(=O)C(=C=N)C[P+](C(C)C)(C(C)C)C(C)C. The van der Waals surface area contributed by atoms with Crippen LogP contribution in [-0.2, 0) is 9.53 Å². The van der Waals surface area contributed by atoms with Crippen molar-refractivity contribution in [3.63, 3.8) is 0 Å². The molecule has 0 rings (SSSR count). The van der Waals surface area contributed by atoms with Gasteiger partial charge in [-0.15, -0.1) is 0 Å². The van der Waals surface area contributed by atoms with E-state index in [1.807, 2.05) is 0 Å². The fourth-order valence-electron chi connectivity index (χ4n) is 2.89. The summed E-state index contributed by atoms with van der Waals surface area (Å²) in [5.74, 6) is 1.89. The standard InChI is InChI=1S/C14H27NO2P/c1-10(2)18(11(3)4,12(5)6)9-13(8-15)14(16)17-7/h10-12,15H,9H2,1-7H3/q+1. The molecule has 3 nitrogen and oxygen atoms in total. The Morgan fingerprint density at radius 2 is 1.50 bits per heavy atom. The van der Waals surface area contributed by atoms with Gasteiger partial charge in [0.25, 0.3) is 0 Å². The second-order valence-electron chi connectivity index (χ2n) is 5.53. The maximum atomic E-state index is 11.7. The summed E-state index contributed by atoms with van der Waals surface area (Å²) in [6, 6.07) is 0. The lowest BCUT2D eigenvalue weighted by Crippen LogP contribution is -2.28.